The molecule has 278 valence electrons. The molecule has 15 N–H and O–H groups in total. The van der Waals surface area contributed by atoms with Crippen LogP contribution in [0.5, 0.6) is 0 Å². The van der Waals surface area contributed by atoms with E-state index in [0.717, 1.165) is 36.8 Å². The van der Waals surface area contributed by atoms with Crippen LogP contribution in [0.2, 0.25) is 0 Å². The molecule has 6 atom stereocenters. The van der Waals surface area contributed by atoms with Crippen molar-refractivity contribution in [3.63, 3.8) is 0 Å². The molecule has 2 saturated carbocycles. The zero-order valence-electron chi connectivity index (χ0n) is 28.5. The molecule has 13 heteroatoms. The van der Waals surface area contributed by atoms with Gasteiger partial charge in [0.15, 0.2) is 0 Å². The largest absolute Gasteiger partial charge is 0.412 e. The molecular formula is C32H76ClN5O6S. The van der Waals surface area contributed by atoms with Crippen molar-refractivity contribution in [2.24, 2.45) is 35.0 Å². The second-order valence-electron chi connectivity index (χ2n) is 14.5. The van der Waals surface area contributed by atoms with Gasteiger partial charge in [-0.3, -0.25) is 14.9 Å². The summed E-state index contributed by atoms with van der Waals surface area (Å²) in [6, 6.07) is 0.593. The number of alkyl halides is 1. The van der Waals surface area contributed by atoms with Crippen LogP contribution in [0.1, 0.15) is 99.8 Å². The van der Waals surface area contributed by atoms with Crippen molar-refractivity contribution < 1.29 is 32.9 Å². The molecule has 0 radical (unpaired) electrons. The van der Waals surface area contributed by atoms with E-state index >= 15 is 0 Å². The number of piperidine rings is 1. The van der Waals surface area contributed by atoms with Crippen LogP contribution in [0.15, 0.2) is 0 Å². The minimum absolute atomic E-state index is 0. The van der Waals surface area contributed by atoms with Crippen LogP contribution in [-0.4, -0.2) is 112 Å². The number of hydrogen-bond donors (Lipinski definition) is 3. The van der Waals surface area contributed by atoms with Gasteiger partial charge in [-0.25, -0.2) is 0 Å². The highest BCUT2D eigenvalue weighted by Gasteiger charge is 2.41. The van der Waals surface area contributed by atoms with E-state index in [1.165, 1.54) is 84.0 Å². The van der Waals surface area contributed by atoms with Gasteiger partial charge in [-0.1, -0.05) is 53.5 Å². The smallest absolute Gasteiger partial charge is 0.0820 e. The number of nitrogens with one attached hydrogen (secondary N) is 3. The number of likely N-dealkylation sites (tertiary alicyclic amines) is 1. The summed E-state index contributed by atoms with van der Waals surface area (Å²) in [5.41, 5.74) is 0.409. The Balaban J connectivity index is -0.00000120. The number of nitrogens with zero attached hydrogens (tertiary/aromatic N) is 2. The van der Waals surface area contributed by atoms with Gasteiger partial charge in [-0.2, -0.15) is 0 Å². The normalized spacial score (nSPS) is 32.1. The van der Waals surface area contributed by atoms with Crippen molar-refractivity contribution >= 4 is 23.5 Å². The van der Waals surface area contributed by atoms with E-state index in [-0.39, 0.29) is 40.3 Å². The highest BCUT2D eigenvalue weighted by molar-refractivity contribution is 7.98. The predicted octanol–water partition coefficient (Wildman–Crippen LogP) is 1.69. The third kappa shape index (κ3) is 15.5. The Kier molecular flexibility index (Phi) is 28.2. The summed E-state index contributed by atoms with van der Waals surface area (Å²) >= 11 is 8.34. The molecular weight excluding hydrogens is 618 g/mol. The number of rotatable bonds is 11. The third-order valence-corrected chi connectivity index (χ3v) is 12.0. The zero-order chi connectivity index (χ0) is 27.3. The van der Waals surface area contributed by atoms with Gasteiger partial charge in [-0.05, 0) is 113 Å². The van der Waals surface area contributed by atoms with E-state index in [4.69, 9.17) is 11.6 Å². The maximum atomic E-state index is 6.43. The average molecular weight is 695 g/mol. The van der Waals surface area contributed by atoms with Crippen molar-refractivity contribution in [2.45, 2.75) is 123 Å². The first-order valence-corrected chi connectivity index (χ1v) is 17.4. The fourth-order valence-electron chi connectivity index (χ4n) is 8.08. The molecule has 2 aliphatic carbocycles. The fraction of sp³-hybridized carbons (Fsp3) is 1.00. The quantitative estimate of drug-likeness (QED) is 0.215. The highest BCUT2D eigenvalue weighted by atomic mass is 35.5. The molecule has 2 heterocycles. The summed E-state index contributed by atoms with van der Waals surface area (Å²) in [5.74, 6) is 4.09. The van der Waals surface area contributed by atoms with Crippen LogP contribution in [0, 0.1) is 35.0 Å². The van der Waals surface area contributed by atoms with E-state index in [9.17, 15) is 0 Å². The molecule has 0 aromatic carbocycles. The molecule has 0 aromatic heterocycles. The molecule has 4 rings (SSSR count). The SMILES string of the molecule is C.CC(C)[C@H](CN1CC[C@H](C2CCC(Cl)CC2)C(C)(C)C1)NCC1CCCC(CNSC2CN(C)C(C)N2)C1.O.O.O.O.O.O. The van der Waals surface area contributed by atoms with Gasteiger partial charge in [0.2, 0.25) is 0 Å². The molecule has 11 nitrogen and oxygen atoms in total. The lowest BCUT2D eigenvalue weighted by molar-refractivity contribution is 0.00453. The lowest BCUT2D eigenvalue weighted by atomic mass is 9.64. The first-order valence-electron chi connectivity index (χ1n) is 16.0. The second-order valence-corrected chi connectivity index (χ2v) is 16.2. The van der Waals surface area contributed by atoms with Crippen molar-refractivity contribution in [2.75, 3.05) is 46.3 Å². The summed E-state index contributed by atoms with van der Waals surface area (Å²) in [7, 11) is 2.21. The van der Waals surface area contributed by atoms with Crippen molar-refractivity contribution in [1.82, 2.24) is 25.2 Å². The fourth-order valence-corrected chi connectivity index (χ4v) is 9.44. The van der Waals surface area contributed by atoms with Gasteiger partial charge in [0, 0.05) is 37.6 Å². The predicted molar refractivity (Wildman–Crippen MR) is 195 cm³/mol. The molecule has 0 aromatic rings. The van der Waals surface area contributed by atoms with Crippen molar-refractivity contribution in [3.8, 4) is 0 Å². The standard InChI is InChI=1S/C31H60ClN5S.CH4.6H2O/c1-22(2)29(19-37-15-14-28(31(4,5)21-37)26-10-12-27(32)13-11-26)33-17-24-8-7-9-25(16-24)18-34-38-30-20-36(6)23(3)35-30;;;;;;;/h22-30,33-35H,7-21H2,1-6H3;1H4;6*1H2/t23?,24?,25?,26?,27?,28-,29+,30?;;;;;;;/m1......./s1. The molecule has 4 aliphatic rings. The molecule has 0 bridgehead atoms. The van der Waals surface area contributed by atoms with E-state index in [2.05, 4.69) is 66.8 Å². The first-order chi connectivity index (χ1) is 18.1. The van der Waals surface area contributed by atoms with Gasteiger partial charge in [0.25, 0.3) is 0 Å². The van der Waals surface area contributed by atoms with Crippen LogP contribution in [0.25, 0.3) is 0 Å². The maximum Gasteiger partial charge on any atom is 0.0820 e. The zero-order valence-corrected chi connectivity index (χ0v) is 30.1. The van der Waals surface area contributed by atoms with Crippen LogP contribution in [0.4, 0.5) is 0 Å². The van der Waals surface area contributed by atoms with Crippen LogP contribution in [0.3, 0.4) is 0 Å². The van der Waals surface area contributed by atoms with E-state index < -0.39 is 0 Å². The van der Waals surface area contributed by atoms with E-state index in [1.807, 2.05) is 11.9 Å². The number of likely N-dealkylation sites (N-methyl/N-ethyl adjacent to an activating group) is 1. The Morgan fingerprint density at radius 3 is 2.04 bits per heavy atom. The molecule has 4 unspecified atom stereocenters. The minimum Gasteiger partial charge on any atom is -0.412 e. The molecule has 45 heavy (non-hydrogen) atoms. The van der Waals surface area contributed by atoms with Crippen LogP contribution in [-0.2, 0) is 0 Å². The summed E-state index contributed by atoms with van der Waals surface area (Å²) < 4.78 is 3.73. The molecule has 0 amide bonds. The molecule has 0 spiro atoms. The highest BCUT2D eigenvalue weighted by Crippen LogP contribution is 2.45. The third-order valence-electron chi connectivity index (χ3n) is 10.6. The minimum atomic E-state index is 0. The second kappa shape index (κ2) is 24.4. The Labute approximate surface area is 285 Å². The van der Waals surface area contributed by atoms with Gasteiger partial charge < -0.3 is 43.1 Å². The van der Waals surface area contributed by atoms with Crippen LogP contribution < -0.4 is 15.4 Å². The topological polar surface area (TPSA) is 232 Å². The van der Waals surface area contributed by atoms with Crippen molar-refractivity contribution in [1.29, 1.82) is 0 Å². The first kappa shape index (κ1) is 52.0. The summed E-state index contributed by atoms with van der Waals surface area (Å²) in [6.45, 7) is 19.4. The van der Waals surface area contributed by atoms with Gasteiger partial charge in [0.1, 0.15) is 0 Å². The Bertz CT molecular complexity index is 716. The number of halogens is 1. The van der Waals surface area contributed by atoms with Gasteiger partial charge in [-0.15, -0.1) is 11.6 Å². The Hall–Kier alpha value is 0.200. The lowest BCUT2D eigenvalue weighted by Crippen LogP contribution is -2.53. The van der Waals surface area contributed by atoms with Gasteiger partial charge >= 0.3 is 0 Å². The summed E-state index contributed by atoms with van der Waals surface area (Å²) in [6.07, 6.45) is 12.6. The number of hydrogen-bond acceptors (Lipinski definition) is 6. The van der Waals surface area contributed by atoms with E-state index in [1.54, 1.807) is 0 Å². The summed E-state index contributed by atoms with van der Waals surface area (Å²) in [5, 5.41) is 8.68. The molecule has 2 saturated heterocycles. The summed E-state index contributed by atoms with van der Waals surface area (Å²) in [4.78, 5) is 5.18. The van der Waals surface area contributed by atoms with E-state index in [0.29, 0.717) is 34.3 Å². The van der Waals surface area contributed by atoms with Crippen LogP contribution >= 0.6 is 23.5 Å². The monoisotopic (exact) mass is 694 g/mol. The lowest BCUT2D eigenvalue weighted by Gasteiger charge is -2.49. The molecule has 2 aliphatic heterocycles. The average Bonchev–Trinajstić information content (AvgIpc) is 3.19. The Morgan fingerprint density at radius 2 is 1.51 bits per heavy atom. The maximum absolute atomic E-state index is 6.43. The Morgan fingerprint density at radius 1 is 0.911 bits per heavy atom. The van der Waals surface area contributed by atoms with Crippen molar-refractivity contribution in [3.05, 3.63) is 0 Å². The van der Waals surface area contributed by atoms with Gasteiger partial charge in [0.05, 0.1) is 11.5 Å². The molecule has 4 fully saturated rings.